The summed E-state index contributed by atoms with van der Waals surface area (Å²) in [5.74, 6) is 1.10. The summed E-state index contributed by atoms with van der Waals surface area (Å²) in [4.78, 5) is 16.0. The van der Waals surface area contributed by atoms with Crippen LogP contribution in [-0.4, -0.2) is 94.9 Å². The Bertz CT molecular complexity index is 1550. The highest BCUT2D eigenvalue weighted by Gasteiger charge is 2.17. The van der Waals surface area contributed by atoms with Crippen molar-refractivity contribution >= 4 is 79.3 Å². The number of aromatic nitrogens is 2. The van der Waals surface area contributed by atoms with Gasteiger partial charge in [0.1, 0.15) is 10.8 Å². The number of aryl methyl sites for hydroxylation is 1. The second-order valence-corrected chi connectivity index (χ2v) is 13.6. The van der Waals surface area contributed by atoms with Crippen LogP contribution in [0.1, 0.15) is 12.0 Å². The minimum atomic E-state index is -3.61. The molecule has 4 rings (SSSR count). The van der Waals surface area contributed by atoms with Gasteiger partial charge in [-0.1, -0.05) is 34.8 Å². The molecule has 2 aromatic carbocycles. The highest BCUT2D eigenvalue weighted by atomic mass is 35.5. The van der Waals surface area contributed by atoms with E-state index in [1.165, 1.54) is 18.3 Å². The Hall–Kier alpha value is -2.74. The van der Waals surface area contributed by atoms with Gasteiger partial charge < -0.3 is 30.1 Å². The first-order chi connectivity index (χ1) is 20.3. The van der Waals surface area contributed by atoms with Gasteiger partial charge in [-0.05, 0) is 50.7 Å². The number of anilines is 6. The molecule has 0 bridgehead atoms. The lowest BCUT2D eigenvalue weighted by molar-refractivity contribution is 0.153. The average Bonchev–Trinajstić information content (AvgIpc) is 2.93. The Morgan fingerprint density at radius 2 is 1.65 bits per heavy atom. The normalized spacial score (nSPS) is 14.4. The molecule has 2 heterocycles. The van der Waals surface area contributed by atoms with Gasteiger partial charge in [0, 0.05) is 51.5 Å². The Morgan fingerprint density at radius 1 is 0.977 bits per heavy atom. The Kier molecular flexibility index (Phi) is 11.1. The molecule has 1 saturated heterocycles. The average molecular weight is 672 g/mol. The fourth-order valence-electron chi connectivity index (χ4n) is 4.78. The van der Waals surface area contributed by atoms with E-state index in [1.54, 1.807) is 7.11 Å². The van der Waals surface area contributed by atoms with Crippen LogP contribution in [0.3, 0.4) is 0 Å². The zero-order valence-electron chi connectivity index (χ0n) is 24.8. The highest BCUT2D eigenvalue weighted by molar-refractivity contribution is 7.92. The van der Waals surface area contributed by atoms with E-state index >= 15 is 0 Å². The van der Waals surface area contributed by atoms with Crippen molar-refractivity contribution < 1.29 is 13.2 Å². The van der Waals surface area contributed by atoms with Crippen LogP contribution in [0.25, 0.3) is 0 Å². The first-order valence-corrected chi connectivity index (χ1v) is 16.7. The van der Waals surface area contributed by atoms with Crippen LogP contribution in [-0.2, 0) is 10.0 Å². The molecule has 1 aliphatic heterocycles. The van der Waals surface area contributed by atoms with Crippen molar-refractivity contribution in [3.8, 4) is 5.75 Å². The third-order valence-electron chi connectivity index (χ3n) is 7.09. The van der Waals surface area contributed by atoms with E-state index in [0.29, 0.717) is 17.1 Å². The number of nitrogens with one attached hydrogen (secondary N) is 3. The van der Waals surface area contributed by atoms with Crippen LogP contribution in [0, 0.1) is 6.92 Å². The van der Waals surface area contributed by atoms with Crippen LogP contribution >= 0.6 is 34.8 Å². The lowest BCUT2D eigenvalue weighted by atomic mass is 10.1. The Labute approximate surface area is 268 Å². The molecule has 234 valence electrons. The summed E-state index contributed by atoms with van der Waals surface area (Å²) >= 11 is 18.7. The monoisotopic (exact) mass is 670 g/mol. The van der Waals surface area contributed by atoms with Crippen LogP contribution in [0.5, 0.6) is 5.75 Å². The van der Waals surface area contributed by atoms with E-state index < -0.39 is 10.0 Å². The van der Waals surface area contributed by atoms with Gasteiger partial charge in [-0.2, -0.15) is 4.98 Å². The maximum atomic E-state index is 11.9. The van der Waals surface area contributed by atoms with Gasteiger partial charge in [0.15, 0.2) is 5.82 Å². The molecule has 0 amide bonds. The number of ether oxygens (including phenoxy) is 1. The number of likely N-dealkylation sites (N-methyl/N-ethyl adjacent to an activating group) is 1. The maximum Gasteiger partial charge on any atom is 0.229 e. The number of hydrogen-bond donors (Lipinski definition) is 3. The van der Waals surface area contributed by atoms with Crippen molar-refractivity contribution in [1.82, 2.24) is 19.8 Å². The molecule has 0 radical (unpaired) electrons. The highest BCUT2D eigenvalue weighted by Crippen LogP contribution is 2.37. The number of sulfonamides is 1. The molecule has 11 nitrogen and oxygen atoms in total. The number of piperazine rings is 1. The third-order valence-corrected chi connectivity index (χ3v) is 8.68. The molecule has 15 heteroatoms. The fourth-order valence-corrected chi connectivity index (χ4v) is 5.81. The molecule has 43 heavy (non-hydrogen) atoms. The van der Waals surface area contributed by atoms with Crippen LogP contribution < -0.4 is 25.0 Å². The zero-order chi connectivity index (χ0) is 31.3. The van der Waals surface area contributed by atoms with Gasteiger partial charge in [-0.15, -0.1) is 0 Å². The quantitative estimate of drug-likeness (QED) is 0.222. The van der Waals surface area contributed by atoms with Crippen molar-refractivity contribution in [3.05, 3.63) is 51.1 Å². The van der Waals surface area contributed by atoms with Gasteiger partial charge in [0.05, 0.1) is 46.7 Å². The van der Waals surface area contributed by atoms with E-state index in [9.17, 15) is 8.42 Å². The number of hydrogen-bond acceptors (Lipinski definition) is 10. The third kappa shape index (κ3) is 9.13. The number of nitrogens with zero attached hydrogens (tertiary/aromatic N) is 5. The van der Waals surface area contributed by atoms with Crippen molar-refractivity contribution in [2.24, 2.45) is 0 Å². The maximum absolute atomic E-state index is 11.9. The standard InChI is InChI=1S/C28H37Cl3N8O3S/c1-18-13-24(26(42-4)16-25(18)38(3)7-6-8-39-11-9-37(2)10-12-39)34-28-32-17-21(31)27(35-28)33-22-14-19(29)20(30)15-23(22)36-43(5,40)41/h13-17,36H,6-12H2,1-5H3,(H2,32,33,34,35). The van der Waals surface area contributed by atoms with Crippen LogP contribution in [0.4, 0.5) is 34.5 Å². The van der Waals surface area contributed by atoms with Crippen molar-refractivity contribution in [2.75, 3.05) is 87.0 Å². The molecule has 0 saturated carbocycles. The van der Waals surface area contributed by atoms with Crippen LogP contribution in [0.15, 0.2) is 30.5 Å². The summed E-state index contributed by atoms with van der Waals surface area (Å²) in [5, 5.41) is 6.85. The number of rotatable bonds is 12. The molecular formula is C28H37Cl3N8O3S. The van der Waals surface area contributed by atoms with Crippen molar-refractivity contribution in [3.63, 3.8) is 0 Å². The van der Waals surface area contributed by atoms with Gasteiger partial charge in [0.2, 0.25) is 16.0 Å². The minimum absolute atomic E-state index is 0.182. The van der Waals surface area contributed by atoms with E-state index in [2.05, 4.69) is 54.1 Å². The first kappa shape index (κ1) is 33.2. The van der Waals surface area contributed by atoms with Crippen LogP contribution in [0.2, 0.25) is 15.1 Å². The number of halogens is 3. The lowest BCUT2D eigenvalue weighted by Crippen LogP contribution is -2.45. The predicted octanol–water partition coefficient (Wildman–Crippen LogP) is 5.69. The molecular weight excluding hydrogens is 635 g/mol. The Morgan fingerprint density at radius 3 is 2.30 bits per heavy atom. The summed E-state index contributed by atoms with van der Waals surface area (Å²) in [6.45, 7) is 8.51. The topological polar surface area (TPSA) is 115 Å². The van der Waals surface area contributed by atoms with E-state index in [4.69, 9.17) is 39.5 Å². The molecule has 0 spiro atoms. The summed E-state index contributed by atoms with van der Waals surface area (Å²) in [6, 6.07) is 6.88. The van der Waals surface area contributed by atoms with E-state index in [-0.39, 0.29) is 32.5 Å². The predicted molar refractivity (Wildman–Crippen MR) is 178 cm³/mol. The van der Waals surface area contributed by atoms with E-state index in [1.807, 2.05) is 19.1 Å². The minimum Gasteiger partial charge on any atom is -0.494 e. The SMILES string of the molecule is COc1cc(N(C)CCCN2CCN(C)CC2)c(C)cc1Nc1ncc(Cl)c(Nc2cc(Cl)c(Cl)cc2NS(C)(=O)=O)n1. The van der Waals surface area contributed by atoms with Crippen molar-refractivity contribution in [1.29, 1.82) is 0 Å². The summed E-state index contributed by atoms with van der Waals surface area (Å²) in [7, 11) is 2.27. The van der Waals surface area contributed by atoms with Gasteiger partial charge >= 0.3 is 0 Å². The molecule has 0 atom stereocenters. The molecule has 3 aromatic rings. The van der Waals surface area contributed by atoms with Gasteiger partial charge in [0.25, 0.3) is 0 Å². The molecule has 1 aromatic heterocycles. The zero-order valence-corrected chi connectivity index (χ0v) is 27.9. The summed E-state index contributed by atoms with van der Waals surface area (Å²) < 4.78 is 32.0. The summed E-state index contributed by atoms with van der Waals surface area (Å²) in [6.07, 6.45) is 3.53. The number of methoxy groups -OCH3 is 1. The summed E-state index contributed by atoms with van der Waals surface area (Å²) in [5.41, 5.74) is 3.30. The van der Waals surface area contributed by atoms with Gasteiger partial charge in [-0.25, -0.2) is 13.4 Å². The second-order valence-electron chi connectivity index (χ2n) is 10.6. The fraction of sp³-hybridized carbons (Fsp3) is 0.429. The van der Waals surface area contributed by atoms with Gasteiger partial charge in [-0.3, -0.25) is 4.72 Å². The molecule has 0 aliphatic carbocycles. The van der Waals surface area contributed by atoms with Crippen molar-refractivity contribution in [2.45, 2.75) is 13.3 Å². The Balaban J connectivity index is 1.50. The smallest absolute Gasteiger partial charge is 0.229 e. The molecule has 3 N–H and O–H groups in total. The first-order valence-electron chi connectivity index (χ1n) is 13.7. The lowest BCUT2D eigenvalue weighted by Gasteiger charge is -2.33. The molecule has 1 aliphatic rings. The molecule has 0 unspecified atom stereocenters. The molecule has 1 fully saturated rings. The number of benzene rings is 2. The second kappa shape index (κ2) is 14.4. The van der Waals surface area contributed by atoms with E-state index in [0.717, 1.165) is 63.2 Å². The largest absolute Gasteiger partial charge is 0.494 e.